The Bertz CT molecular complexity index is 535. The van der Waals surface area contributed by atoms with Gasteiger partial charge in [-0.2, -0.15) is 0 Å². The van der Waals surface area contributed by atoms with Crippen LogP contribution in [0.15, 0.2) is 24.3 Å². The number of nitrogens with zero attached hydrogens (tertiary/aromatic N) is 1. The van der Waals surface area contributed by atoms with Gasteiger partial charge in [-0.25, -0.2) is 4.79 Å². The van der Waals surface area contributed by atoms with Crippen molar-refractivity contribution in [1.29, 1.82) is 0 Å². The summed E-state index contributed by atoms with van der Waals surface area (Å²) in [4.78, 5) is 25.6. The minimum Gasteiger partial charge on any atom is -0.497 e. The van der Waals surface area contributed by atoms with E-state index < -0.39 is 11.7 Å². The normalized spacial score (nSPS) is 12.3. The summed E-state index contributed by atoms with van der Waals surface area (Å²) in [5, 5.41) is 2.67. The second-order valence-corrected chi connectivity index (χ2v) is 6.38. The number of ether oxygens (including phenoxy) is 2. The standard InChI is InChI=1S/C17H26N2O4/c1-12(11-18-16(21)23-17(2,3)4)19(5)15(20)13-7-9-14(22-6)10-8-13/h7-10,12H,11H2,1-6H3,(H,18,21)/t12-/m1/s1. The average molecular weight is 322 g/mol. The first-order valence-electron chi connectivity index (χ1n) is 7.52. The van der Waals surface area contributed by atoms with Crippen molar-refractivity contribution in [2.24, 2.45) is 0 Å². The summed E-state index contributed by atoms with van der Waals surface area (Å²) in [6.45, 7) is 7.58. The maximum atomic E-state index is 12.4. The number of methoxy groups -OCH3 is 1. The number of hydrogen-bond acceptors (Lipinski definition) is 4. The summed E-state index contributed by atoms with van der Waals surface area (Å²) < 4.78 is 10.2. The highest BCUT2D eigenvalue weighted by Gasteiger charge is 2.20. The van der Waals surface area contributed by atoms with Gasteiger partial charge in [0, 0.05) is 25.2 Å². The second kappa shape index (κ2) is 7.85. The average Bonchev–Trinajstić information content (AvgIpc) is 2.49. The van der Waals surface area contributed by atoms with Crippen molar-refractivity contribution in [3.63, 3.8) is 0 Å². The monoisotopic (exact) mass is 322 g/mol. The molecule has 0 radical (unpaired) electrons. The van der Waals surface area contributed by atoms with Crippen molar-refractivity contribution in [2.45, 2.75) is 39.3 Å². The van der Waals surface area contributed by atoms with Gasteiger partial charge in [0.25, 0.3) is 5.91 Å². The number of amides is 2. The number of hydrogen-bond donors (Lipinski definition) is 1. The molecule has 128 valence electrons. The molecular weight excluding hydrogens is 296 g/mol. The van der Waals surface area contributed by atoms with Gasteiger partial charge >= 0.3 is 6.09 Å². The Hall–Kier alpha value is -2.24. The van der Waals surface area contributed by atoms with Crippen LogP contribution in [0.2, 0.25) is 0 Å². The van der Waals surface area contributed by atoms with Gasteiger partial charge in [0.2, 0.25) is 0 Å². The third-order valence-electron chi connectivity index (χ3n) is 3.26. The van der Waals surface area contributed by atoms with Crippen LogP contribution in [-0.4, -0.2) is 49.2 Å². The molecule has 23 heavy (non-hydrogen) atoms. The summed E-state index contributed by atoms with van der Waals surface area (Å²) in [6, 6.07) is 6.74. The third kappa shape index (κ3) is 6.18. The van der Waals surface area contributed by atoms with E-state index in [0.717, 1.165) is 0 Å². The lowest BCUT2D eigenvalue weighted by Gasteiger charge is -2.26. The minimum absolute atomic E-state index is 0.119. The Morgan fingerprint density at radius 2 is 1.78 bits per heavy atom. The fourth-order valence-corrected chi connectivity index (χ4v) is 1.82. The fourth-order valence-electron chi connectivity index (χ4n) is 1.82. The molecule has 6 heteroatoms. The molecule has 6 nitrogen and oxygen atoms in total. The molecule has 2 amide bonds. The molecule has 0 unspecified atom stereocenters. The lowest BCUT2D eigenvalue weighted by molar-refractivity contribution is 0.0501. The smallest absolute Gasteiger partial charge is 0.407 e. The number of carbonyl (C=O) groups excluding carboxylic acids is 2. The van der Waals surface area contributed by atoms with Gasteiger partial charge in [0.15, 0.2) is 0 Å². The number of carbonyl (C=O) groups is 2. The van der Waals surface area contributed by atoms with Gasteiger partial charge in [-0.3, -0.25) is 4.79 Å². The summed E-state index contributed by atoms with van der Waals surface area (Å²) in [6.07, 6.45) is -0.491. The SMILES string of the molecule is COc1ccc(C(=O)N(C)[C@H](C)CNC(=O)OC(C)(C)C)cc1. The first-order valence-corrected chi connectivity index (χ1v) is 7.52. The van der Waals surface area contributed by atoms with E-state index in [4.69, 9.17) is 9.47 Å². The van der Waals surface area contributed by atoms with Crippen molar-refractivity contribution in [3.8, 4) is 5.75 Å². The van der Waals surface area contributed by atoms with Gasteiger partial charge < -0.3 is 19.7 Å². The van der Waals surface area contributed by atoms with Crippen molar-refractivity contribution in [1.82, 2.24) is 10.2 Å². The van der Waals surface area contributed by atoms with Crippen LogP contribution in [0.25, 0.3) is 0 Å². The van der Waals surface area contributed by atoms with E-state index in [2.05, 4.69) is 5.32 Å². The van der Waals surface area contributed by atoms with Crippen LogP contribution in [0.5, 0.6) is 5.75 Å². The molecule has 0 aromatic heterocycles. The minimum atomic E-state index is -0.544. The number of alkyl carbamates (subject to hydrolysis) is 1. The molecular formula is C17H26N2O4. The van der Waals surface area contributed by atoms with E-state index in [-0.39, 0.29) is 11.9 Å². The van der Waals surface area contributed by atoms with Gasteiger partial charge in [-0.1, -0.05) is 0 Å². The van der Waals surface area contributed by atoms with Crippen LogP contribution in [0.1, 0.15) is 38.1 Å². The van der Waals surface area contributed by atoms with Crippen LogP contribution in [0.4, 0.5) is 4.79 Å². The predicted molar refractivity (Wildman–Crippen MR) is 88.8 cm³/mol. The molecule has 0 aliphatic carbocycles. The Morgan fingerprint density at radius 3 is 2.26 bits per heavy atom. The van der Waals surface area contributed by atoms with Crippen LogP contribution < -0.4 is 10.1 Å². The molecule has 0 aliphatic heterocycles. The summed E-state index contributed by atoms with van der Waals surface area (Å²) in [7, 11) is 3.28. The van der Waals surface area contributed by atoms with Crippen molar-refractivity contribution in [3.05, 3.63) is 29.8 Å². The molecule has 1 aromatic carbocycles. The van der Waals surface area contributed by atoms with E-state index >= 15 is 0 Å². The van der Waals surface area contributed by atoms with Crippen molar-refractivity contribution < 1.29 is 19.1 Å². The van der Waals surface area contributed by atoms with Crippen molar-refractivity contribution in [2.75, 3.05) is 20.7 Å². The lowest BCUT2D eigenvalue weighted by atomic mass is 10.1. The zero-order chi connectivity index (χ0) is 17.6. The van der Waals surface area contributed by atoms with Crippen LogP contribution in [0, 0.1) is 0 Å². The first-order chi connectivity index (χ1) is 10.6. The molecule has 1 N–H and O–H groups in total. The number of nitrogens with one attached hydrogen (secondary N) is 1. The van der Waals surface area contributed by atoms with Gasteiger partial charge in [-0.05, 0) is 52.0 Å². The predicted octanol–water partition coefficient (Wildman–Crippen LogP) is 2.68. The highest BCUT2D eigenvalue weighted by atomic mass is 16.6. The summed E-state index contributed by atoms with van der Waals surface area (Å²) >= 11 is 0. The second-order valence-electron chi connectivity index (χ2n) is 6.38. The van der Waals surface area contributed by atoms with Crippen LogP contribution in [-0.2, 0) is 4.74 Å². The number of benzene rings is 1. The third-order valence-corrected chi connectivity index (χ3v) is 3.26. The number of rotatable bonds is 5. The van der Waals surface area contributed by atoms with E-state index in [0.29, 0.717) is 17.9 Å². The maximum Gasteiger partial charge on any atom is 0.407 e. The zero-order valence-electron chi connectivity index (χ0n) is 14.7. The van der Waals surface area contributed by atoms with Gasteiger partial charge in [0.05, 0.1) is 7.11 Å². The van der Waals surface area contributed by atoms with Crippen LogP contribution >= 0.6 is 0 Å². The Labute approximate surface area is 137 Å². The molecule has 0 saturated carbocycles. The molecule has 1 aromatic rings. The molecule has 1 atom stereocenters. The Balaban J connectivity index is 2.56. The molecule has 1 rings (SSSR count). The molecule has 0 fully saturated rings. The van der Waals surface area contributed by atoms with E-state index in [9.17, 15) is 9.59 Å². The zero-order valence-corrected chi connectivity index (χ0v) is 14.7. The van der Waals surface area contributed by atoms with E-state index in [1.165, 1.54) is 0 Å². The Morgan fingerprint density at radius 1 is 1.22 bits per heavy atom. The maximum absolute atomic E-state index is 12.4. The highest BCUT2D eigenvalue weighted by Crippen LogP contribution is 2.13. The van der Waals surface area contributed by atoms with Gasteiger partial charge in [-0.15, -0.1) is 0 Å². The van der Waals surface area contributed by atoms with E-state index in [1.807, 2.05) is 6.92 Å². The molecule has 0 heterocycles. The first kappa shape index (κ1) is 18.8. The topological polar surface area (TPSA) is 67.9 Å². The highest BCUT2D eigenvalue weighted by molar-refractivity contribution is 5.94. The molecule has 0 spiro atoms. The summed E-state index contributed by atoms with van der Waals surface area (Å²) in [5.74, 6) is 0.579. The largest absolute Gasteiger partial charge is 0.497 e. The molecule has 0 bridgehead atoms. The summed E-state index contributed by atoms with van der Waals surface area (Å²) in [5.41, 5.74) is 0.0235. The molecule has 0 aliphatic rings. The quantitative estimate of drug-likeness (QED) is 0.905. The van der Waals surface area contributed by atoms with Crippen LogP contribution in [0.3, 0.4) is 0 Å². The van der Waals surface area contributed by atoms with E-state index in [1.54, 1.807) is 64.1 Å². The van der Waals surface area contributed by atoms with Gasteiger partial charge in [0.1, 0.15) is 11.4 Å². The molecule has 0 saturated heterocycles. The Kier molecular flexibility index (Phi) is 6.42. The fraction of sp³-hybridized carbons (Fsp3) is 0.529. The lowest BCUT2D eigenvalue weighted by Crippen LogP contribution is -2.44. The van der Waals surface area contributed by atoms with Crippen molar-refractivity contribution >= 4 is 12.0 Å². The number of likely N-dealkylation sites (N-methyl/N-ethyl adjacent to an activating group) is 1.